The molecule has 1 saturated heterocycles. The molecule has 1 saturated carbocycles. The minimum atomic E-state index is 0.0423. The van der Waals surface area contributed by atoms with Gasteiger partial charge in [-0.1, -0.05) is 32.0 Å². The maximum absolute atomic E-state index is 13.7. The summed E-state index contributed by atoms with van der Waals surface area (Å²) in [4.78, 5) is 30.3. The number of hydrogen-bond acceptors (Lipinski definition) is 3. The van der Waals surface area contributed by atoms with Crippen LogP contribution >= 0.6 is 0 Å². The van der Waals surface area contributed by atoms with Crippen molar-refractivity contribution >= 4 is 11.8 Å². The van der Waals surface area contributed by atoms with Gasteiger partial charge in [-0.3, -0.25) is 9.59 Å². The Balaban J connectivity index is 1.45. The van der Waals surface area contributed by atoms with E-state index >= 15 is 0 Å². The van der Waals surface area contributed by atoms with Crippen molar-refractivity contribution in [2.45, 2.75) is 58.5 Å². The van der Waals surface area contributed by atoms with E-state index in [1.807, 2.05) is 46.8 Å². The zero-order chi connectivity index (χ0) is 21.0. The van der Waals surface area contributed by atoms with Crippen molar-refractivity contribution in [3.8, 4) is 5.69 Å². The number of hydrogen-bond donors (Lipinski definition) is 0. The van der Waals surface area contributed by atoms with Crippen LogP contribution in [0.25, 0.3) is 5.69 Å². The fourth-order valence-electron chi connectivity index (χ4n) is 5.24. The van der Waals surface area contributed by atoms with Gasteiger partial charge in [-0.2, -0.15) is 5.10 Å². The second-order valence-corrected chi connectivity index (χ2v) is 9.33. The second-order valence-electron chi connectivity index (χ2n) is 9.33. The van der Waals surface area contributed by atoms with Crippen molar-refractivity contribution in [3.05, 3.63) is 47.3 Å². The maximum atomic E-state index is 13.7. The van der Waals surface area contributed by atoms with E-state index in [1.54, 1.807) is 0 Å². The molecule has 5 rings (SSSR count). The van der Waals surface area contributed by atoms with E-state index in [0.29, 0.717) is 17.5 Å². The van der Waals surface area contributed by atoms with Gasteiger partial charge in [0.25, 0.3) is 5.91 Å². The topological polar surface area (TPSA) is 58.4 Å². The van der Waals surface area contributed by atoms with Crippen LogP contribution in [0.2, 0.25) is 0 Å². The van der Waals surface area contributed by atoms with E-state index < -0.39 is 0 Å². The van der Waals surface area contributed by atoms with Crippen LogP contribution in [0.15, 0.2) is 30.3 Å². The standard InChI is InChI=1S/C24H30N4O2/c1-15(2)21-20-16(3)25-28(19-7-5-4-6-8-19)22(20)24(30)27(21)18-11-13-26(14-12-18)23(29)17-9-10-17/h4-8,15,17-18,21H,9-14H2,1-3H3. The van der Waals surface area contributed by atoms with Crippen molar-refractivity contribution in [2.24, 2.45) is 11.8 Å². The number of aromatic nitrogens is 2. The summed E-state index contributed by atoms with van der Waals surface area (Å²) in [5, 5.41) is 4.74. The minimum Gasteiger partial charge on any atom is -0.342 e. The number of carbonyl (C=O) groups is 2. The highest BCUT2D eigenvalue weighted by molar-refractivity contribution is 5.99. The van der Waals surface area contributed by atoms with Crippen molar-refractivity contribution in [3.63, 3.8) is 0 Å². The molecule has 30 heavy (non-hydrogen) atoms. The summed E-state index contributed by atoms with van der Waals surface area (Å²) in [5.41, 5.74) is 3.65. The molecule has 0 bridgehead atoms. The van der Waals surface area contributed by atoms with E-state index in [0.717, 1.165) is 55.7 Å². The molecule has 2 amide bonds. The number of para-hydroxylation sites is 1. The molecular formula is C24H30N4O2. The average molecular weight is 407 g/mol. The highest BCUT2D eigenvalue weighted by Gasteiger charge is 2.47. The van der Waals surface area contributed by atoms with E-state index in [1.165, 1.54) is 0 Å². The number of piperidine rings is 1. The van der Waals surface area contributed by atoms with Gasteiger partial charge in [0.05, 0.1) is 17.4 Å². The first-order valence-electron chi connectivity index (χ1n) is 11.2. The number of fused-ring (bicyclic) bond motifs is 1. The van der Waals surface area contributed by atoms with Crippen LogP contribution in [0.3, 0.4) is 0 Å². The maximum Gasteiger partial charge on any atom is 0.273 e. The van der Waals surface area contributed by atoms with E-state index in [-0.39, 0.29) is 23.9 Å². The molecule has 6 heteroatoms. The molecule has 1 unspecified atom stereocenters. The van der Waals surface area contributed by atoms with Gasteiger partial charge in [0.15, 0.2) is 0 Å². The first kappa shape index (κ1) is 19.3. The molecular weight excluding hydrogens is 376 g/mol. The van der Waals surface area contributed by atoms with Gasteiger partial charge >= 0.3 is 0 Å². The Bertz CT molecular complexity index is 969. The zero-order valence-corrected chi connectivity index (χ0v) is 18.0. The minimum absolute atomic E-state index is 0.0423. The van der Waals surface area contributed by atoms with Crippen LogP contribution in [-0.4, -0.2) is 50.5 Å². The molecule has 0 radical (unpaired) electrons. The summed E-state index contributed by atoms with van der Waals surface area (Å²) in [6, 6.07) is 10.1. The second kappa shape index (κ2) is 7.25. The molecule has 1 aromatic heterocycles. The molecule has 158 valence electrons. The van der Waals surface area contributed by atoms with Gasteiger partial charge in [0.1, 0.15) is 5.69 Å². The Kier molecular flexibility index (Phi) is 4.68. The number of nitrogens with zero attached hydrogens (tertiary/aromatic N) is 4. The molecule has 3 heterocycles. The highest BCUT2D eigenvalue weighted by Crippen LogP contribution is 2.44. The summed E-state index contributed by atoms with van der Waals surface area (Å²) >= 11 is 0. The molecule has 1 atom stereocenters. The van der Waals surface area contributed by atoms with Crippen LogP contribution in [0, 0.1) is 18.8 Å². The van der Waals surface area contributed by atoms with E-state index in [4.69, 9.17) is 5.10 Å². The lowest BCUT2D eigenvalue weighted by molar-refractivity contribution is -0.134. The van der Waals surface area contributed by atoms with Gasteiger partial charge in [0, 0.05) is 30.6 Å². The lowest BCUT2D eigenvalue weighted by Crippen LogP contribution is -2.49. The molecule has 2 fully saturated rings. The summed E-state index contributed by atoms with van der Waals surface area (Å²) < 4.78 is 1.83. The Labute approximate surface area is 177 Å². The van der Waals surface area contributed by atoms with Crippen molar-refractivity contribution in [2.75, 3.05) is 13.1 Å². The summed E-state index contributed by atoms with van der Waals surface area (Å²) in [5.74, 6) is 0.969. The van der Waals surface area contributed by atoms with Crippen molar-refractivity contribution in [1.29, 1.82) is 0 Å². The predicted octanol–water partition coefficient (Wildman–Crippen LogP) is 3.73. The largest absolute Gasteiger partial charge is 0.342 e. The molecule has 1 aromatic carbocycles. The Morgan fingerprint density at radius 2 is 1.73 bits per heavy atom. The average Bonchev–Trinajstić information content (AvgIpc) is 3.48. The SMILES string of the molecule is Cc1nn(-c2ccccc2)c2c1C(C(C)C)N(C1CCN(C(=O)C3CC3)CC1)C2=O. The van der Waals surface area contributed by atoms with Crippen molar-refractivity contribution < 1.29 is 9.59 Å². The summed E-state index contributed by atoms with van der Waals surface area (Å²) in [6.07, 6.45) is 3.80. The fraction of sp³-hybridized carbons (Fsp3) is 0.542. The first-order chi connectivity index (χ1) is 14.5. The van der Waals surface area contributed by atoms with Crippen LogP contribution in [-0.2, 0) is 4.79 Å². The van der Waals surface area contributed by atoms with Crippen LogP contribution in [0.4, 0.5) is 0 Å². The van der Waals surface area contributed by atoms with Crippen molar-refractivity contribution in [1.82, 2.24) is 19.6 Å². The van der Waals surface area contributed by atoms with Gasteiger partial charge < -0.3 is 9.80 Å². The van der Waals surface area contributed by atoms with Crippen LogP contribution < -0.4 is 0 Å². The smallest absolute Gasteiger partial charge is 0.273 e. The Hall–Kier alpha value is -2.63. The van der Waals surface area contributed by atoms with Crippen LogP contribution in [0.1, 0.15) is 67.3 Å². The number of carbonyl (C=O) groups excluding carboxylic acids is 2. The number of aryl methyl sites for hydroxylation is 1. The third-order valence-electron chi connectivity index (χ3n) is 6.87. The van der Waals surface area contributed by atoms with E-state index in [2.05, 4.69) is 18.7 Å². The lowest BCUT2D eigenvalue weighted by atomic mass is 9.93. The molecule has 3 aliphatic rings. The van der Waals surface area contributed by atoms with Gasteiger partial charge in [-0.05, 0) is 50.7 Å². The number of likely N-dealkylation sites (tertiary alicyclic amines) is 1. The van der Waals surface area contributed by atoms with Crippen LogP contribution in [0.5, 0.6) is 0 Å². The molecule has 0 N–H and O–H groups in total. The molecule has 0 spiro atoms. The zero-order valence-electron chi connectivity index (χ0n) is 18.0. The predicted molar refractivity (Wildman–Crippen MR) is 114 cm³/mol. The van der Waals surface area contributed by atoms with Gasteiger partial charge in [-0.25, -0.2) is 4.68 Å². The summed E-state index contributed by atoms with van der Waals surface area (Å²) in [6.45, 7) is 7.90. The first-order valence-corrected chi connectivity index (χ1v) is 11.2. The lowest BCUT2D eigenvalue weighted by Gasteiger charge is -2.41. The number of rotatable bonds is 4. The van der Waals surface area contributed by atoms with Gasteiger partial charge in [0.2, 0.25) is 5.91 Å². The Morgan fingerprint density at radius 1 is 1.07 bits per heavy atom. The van der Waals surface area contributed by atoms with Gasteiger partial charge in [-0.15, -0.1) is 0 Å². The highest BCUT2D eigenvalue weighted by atomic mass is 16.2. The molecule has 1 aliphatic carbocycles. The third-order valence-corrected chi connectivity index (χ3v) is 6.87. The molecule has 2 aliphatic heterocycles. The number of amides is 2. The quantitative estimate of drug-likeness (QED) is 0.777. The fourth-order valence-corrected chi connectivity index (χ4v) is 5.24. The number of benzene rings is 1. The molecule has 6 nitrogen and oxygen atoms in total. The summed E-state index contributed by atoms with van der Waals surface area (Å²) in [7, 11) is 0. The molecule has 2 aromatic rings. The van der Waals surface area contributed by atoms with E-state index in [9.17, 15) is 9.59 Å². The monoisotopic (exact) mass is 406 g/mol. The normalized spacial score (nSPS) is 22.1. The third kappa shape index (κ3) is 3.04. The Morgan fingerprint density at radius 3 is 2.33 bits per heavy atom.